The van der Waals surface area contributed by atoms with Gasteiger partial charge >= 0.3 is 0 Å². The number of methoxy groups -OCH3 is 1. The van der Waals surface area contributed by atoms with E-state index in [2.05, 4.69) is 21.9 Å². The van der Waals surface area contributed by atoms with Gasteiger partial charge in [0, 0.05) is 24.4 Å². The fraction of sp³-hybridized carbons (Fsp3) is 0.611. The number of benzene rings is 1. The summed E-state index contributed by atoms with van der Waals surface area (Å²) in [5, 5.41) is 7.65. The van der Waals surface area contributed by atoms with Crippen molar-refractivity contribution >= 4 is 41.7 Å². The van der Waals surface area contributed by atoms with Crippen LogP contribution in [0.3, 0.4) is 0 Å². The van der Waals surface area contributed by atoms with Gasteiger partial charge < -0.3 is 20.1 Å². The van der Waals surface area contributed by atoms with Crippen molar-refractivity contribution in [3.8, 4) is 11.5 Å². The molecular formula is C18H30IN3O2S. The third-order valence-electron chi connectivity index (χ3n) is 4.22. The number of halogens is 1. The Balaban J connectivity index is 0.00000312. The number of ether oxygens (including phenoxy) is 2. The summed E-state index contributed by atoms with van der Waals surface area (Å²) in [6, 6.07) is 8.18. The minimum atomic E-state index is 0. The zero-order valence-electron chi connectivity index (χ0n) is 15.5. The zero-order chi connectivity index (χ0) is 17.4. The molecule has 142 valence electrons. The van der Waals surface area contributed by atoms with E-state index in [1.807, 2.05) is 50.0 Å². The average Bonchev–Trinajstić information content (AvgIpc) is 3.06. The number of hydrogen-bond acceptors (Lipinski definition) is 4. The Bertz CT molecular complexity index is 545. The van der Waals surface area contributed by atoms with Crippen molar-refractivity contribution in [2.75, 3.05) is 27.0 Å². The minimum absolute atomic E-state index is 0. The molecule has 1 aromatic carbocycles. The molecule has 0 heterocycles. The minimum Gasteiger partial charge on any atom is -0.497 e. The van der Waals surface area contributed by atoms with Crippen LogP contribution >= 0.6 is 35.7 Å². The maximum absolute atomic E-state index is 5.93. The van der Waals surface area contributed by atoms with Crippen molar-refractivity contribution in [1.29, 1.82) is 0 Å². The van der Waals surface area contributed by atoms with Crippen LogP contribution in [-0.4, -0.2) is 50.3 Å². The van der Waals surface area contributed by atoms with Gasteiger partial charge in [-0.2, -0.15) is 11.8 Å². The molecule has 0 radical (unpaired) electrons. The number of aliphatic imine (C=N–C) groups is 1. The summed E-state index contributed by atoms with van der Waals surface area (Å²) in [6.07, 6.45) is 5.92. The fourth-order valence-corrected chi connectivity index (χ4v) is 3.66. The van der Waals surface area contributed by atoms with Gasteiger partial charge in [-0.25, -0.2) is 0 Å². The van der Waals surface area contributed by atoms with E-state index < -0.39 is 0 Å². The highest BCUT2D eigenvalue weighted by Crippen LogP contribution is 2.28. The van der Waals surface area contributed by atoms with Gasteiger partial charge in [0.15, 0.2) is 5.96 Å². The van der Waals surface area contributed by atoms with Crippen molar-refractivity contribution in [1.82, 2.24) is 10.6 Å². The summed E-state index contributed by atoms with van der Waals surface area (Å²) in [6.45, 7) is 2.73. The first-order valence-corrected chi connectivity index (χ1v) is 9.74. The largest absolute Gasteiger partial charge is 0.497 e. The first-order chi connectivity index (χ1) is 11.6. The van der Waals surface area contributed by atoms with Crippen LogP contribution in [-0.2, 0) is 0 Å². The molecule has 1 fully saturated rings. The summed E-state index contributed by atoms with van der Waals surface area (Å²) >= 11 is 1.96. The Kier molecular flexibility index (Phi) is 10.4. The first-order valence-electron chi connectivity index (χ1n) is 8.45. The summed E-state index contributed by atoms with van der Waals surface area (Å²) in [5.41, 5.74) is 0. The Morgan fingerprint density at radius 1 is 1.36 bits per heavy atom. The van der Waals surface area contributed by atoms with E-state index in [9.17, 15) is 0 Å². The number of thioether (sulfide) groups is 1. The zero-order valence-corrected chi connectivity index (χ0v) is 18.6. The highest BCUT2D eigenvalue weighted by atomic mass is 127. The van der Waals surface area contributed by atoms with Gasteiger partial charge in [0.05, 0.1) is 13.7 Å². The summed E-state index contributed by atoms with van der Waals surface area (Å²) in [5.74, 6) is 2.46. The maximum Gasteiger partial charge on any atom is 0.191 e. The van der Waals surface area contributed by atoms with Crippen molar-refractivity contribution in [2.45, 2.75) is 43.6 Å². The summed E-state index contributed by atoms with van der Waals surface area (Å²) in [4.78, 5) is 4.32. The molecule has 0 spiro atoms. The molecule has 1 aliphatic carbocycles. The van der Waals surface area contributed by atoms with Crippen LogP contribution < -0.4 is 20.1 Å². The molecule has 25 heavy (non-hydrogen) atoms. The number of nitrogens with zero attached hydrogens (tertiary/aromatic N) is 1. The van der Waals surface area contributed by atoms with Gasteiger partial charge in [-0.05, 0) is 44.6 Å². The predicted octanol–water partition coefficient (Wildman–Crippen LogP) is 3.53. The van der Waals surface area contributed by atoms with E-state index in [4.69, 9.17) is 9.47 Å². The molecule has 0 aromatic heterocycles. The van der Waals surface area contributed by atoms with Crippen LogP contribution in [0.15, 0.2) is 29.3 Å². The molecule has 0 aliphatic heterocycles. The molecular weight excluding hydrogens is 449 g/mol. The van der Waals surface area contributed by atoms with Crippen LogP contribution in [0.2, 0.25) is 0 Å². The van der Waals surface area contributed by atoms with Crippen molar-refractivity contribution in [3.05, 3.63) is 24.3 Å². The Labute approximate surface area is 172 Å². The number of hydrogen-bond donors (Lipinski definition) is 2. The smallest absolute Gasteiger partial charge is 0.191 e. The lowest BCUT2D eigenvalue weighted by molar-refractivity contribution is 0.222. The fourth-order valence-electron chi connectivity index (χ4n) is 2.86. The molecule has 0 amide bonds. The van der Waals surface area contributed by atoms with Gasteiger partial charge in [-0.15, -0.1) is 24.0 Å². The molecule has 3 atom stereocenters. The SMILES string of the molecule is CN=C(NCC(C)Oc1cccc(OC)c1)NC1CCC(SC)C1.I. The molecule has 1 saturated carbocycles. The second kappa shape index (κ2) is 11.7. The van der Waals surface area contributed by atoms with Gasteiger partial charge in [-0.1, -0.05) is 6.07 Å². The molecule has 0 bridgehead atoms. The van der Waals surface area contributed by atoms with E-state index >= 15 is 0 Å². The molecule has 7 heteroatoms. The Morgan fingerprint density at radius 2 is 2.12 bits per heavy atom. The lowest BCUT2D eigenvalue weighted by atomic mass is 10.2. The van der Waals surface area contributed by atoms with E-state index in [1.54, 1.807) is 7.11 Å². The molecule has 5 nitrogen and oxygen atoms in total. The second-order valence-corrected chi connectivity index (χ2v) is 7.21. The van der Waals surface area contributed by atoms with Crippen LogP contribution in [0, 0.1) is 0 Å². The Hall–Kier alpha value is -0.830. The number of nitrogens with one attached hydrogen (secondary N) is 2. The average molecular weight is 479 g/mol. The molecule has 3 unspecified atom stereocenters. The first kappa shape index (κ1) is 22.2. The van der Waals surface area contributed by atoms with Gasteiger partial charge in [0.25, 0.3) is 0 Å². The van der Waals surface area contributed by atoms with Crippen LogP contribution in [0.5, 0.6) is 11.5 Å². The van der Waals surface area contributed by atoms with Crippen molar-refractivity contribution < 1.29 is 9.47 Å². The molecule has 1 aromatic rings. The van der Waals surface area contributed by atoms with Crippen LogP contribution in [0.25, 0.3) is 0 Å². The summed E-state index contributed by atoms with van der Waals surface area (Å²) in [7, 11) is 3.47. The van der Waals surface area contributed by atoms with Gasteiger partial charge in [0.2, 0.25) is 0 Å². The molecule has 0 saturated heterocycles. The third-order valence-corrected chi connectivity index (χ3v) is 5.31. The molecule has 2 N–H and O–H groups in total. The highest BCUT2D eigenvalue weighted by molar-refractivity contribution is 14.0. The predicted molar refractivity (Wildman–Crippen MR) is 118 cm³/mol. The monoisotopic (exact) mass is 479 g/mol. The third kappa shape index (κ3) is 7.52. The maximum atomic E-state index is 5.93. The van der Waals surface area contributed by atoms with E-state index in [0.717, 1.165) is 22.7 Å². The van der Waals surface area contributed by atoms with Crippen LogP contribution in [0.1, 0.15) is 26.2 Å². The molecule has 1 aliphatic rings. The second-order valence-electron chi connectivity index (χ2n) is 6.07. The normalized spacial score (nSPS) is 21.2. The Morgan fingerprint density at radius 3 is 2.76 bits per heavy atom. The number of guanidine groups is 1. The van der Waals surface area contributed by atoms with E-state index in [0.29, 0.717) is 12.6 Å². The summed E-state index contributed by atoms with van der Waals surface area (Å²) < 4.78 is 11.1. The van der Waals surface area contributed by atoms with Crippen LogP contribution in [0.4, 0.5) is 0 Å². The quantitative estimate of drug-likeness (QED) is 0.356. The highest BCUT2D eigenvalue weighted by Gasteiger charge is 2.24. The molecule has 2 rings (SSSR count). The topological polar surface area (TPSA) is 54.9 Å². The lowest BCUT2D eigenvalue weighted by Crippen LogP contribution is -2.45. The lowest BCUT2D eigenvalue weighted by Gasteiger charge is -2.20. The number of rotatable bonds is 7. The van der Waals surface area contributed by atoms with Gasteiger partial charge in [0.1, 0.15) is 17.6 Å². The van der Waals surface area contributed by atoms with Crippen molar-refractivity contribution in [3.63, 3.8) is 0 Å². The van der Waals surface area contributed by atoms with E-state index in [1.165, 1.54) is 19.3 Å². The standard InChI is InChI=1S/C18H29N3O2S.HI/c1-13(23-16-7-5-6-15(11-16)22-3)12-20-18(19-2)21-14-8-9-17(10-14)24-4;/h5-7,11,13-14,17H,8-10,12H2,1-4H3,(H2,19,20,21);1H. The van der Waals surface area contributed by atoms with E-state index in [-0.39, 0.29) is 30.1 Å². The van der Waals surface area contributed by atoms with Gasteiger partial charge in [-0.3, -0.25) is 4.99 Å². The van der Waals surface area contributed by atoms with Crippen molar-refractivity contribution in [2.24, 2.45) is 4.99 Å².